The van der Waals surface area contributed by atoms with E-state index in [9.17, 15) is 14.4 Å². The molecule has 2 rings (SSSR count). The van der Waals surface area contributed by atoms with E-state index in [0.717, 1.165) is 30.4 Å². The molecule has 0 aliphatic carbocycles. The highest BCUT2D eigenvalue weighted by Gasteiger charge is 2.31. The minimum atomic E-state index is -4.26. The summed E-state index contributed by atoms with van der Waals surface area (Å²) in [4.78, 5) is 20.0. The van der Waals surface area contributed by atoms with E-state index in [0.29, 0.717) is 6.42 Å². The Morgan fingerprint density at radius 1 is 0.710 bits per heavy atom. The molecule has 0 bridgehead atoms. The second-order valence-electron chi connectivity index (χ2n) is 8.50. The Hall–Kier alpha value is -1.45. The lowest BCUT2D eigenvalue weighted by atomic mass is 9.98. The second-order valence-corrected chi connectivity index (χ2v) is 10.3. The minimum absolute atomic E-state index is 0.247. The molecule has 0 radical (unpaired) electrons. The molecule has 0 saturated heterocycles. The Kier molecular flexibility index (Phi) is 12.1. The Bertz CT molecular complexity index is 708. The van der Waals surface area contributed by atoms with E-state index < -0.39 is 13.4 Å². The highest BCUT2D eigenvalue weighted by Crippen LogP contribution is 2.44. The van der Waals surface area contributed by atoms with E-state index in [2.05, 4.69) is 12.2 Å². The topological polar surface area (TPSA) is 69.6 Å². The number of hydrogen-bond acceptors (Lipinski definition) is 2. The van der Waals surface area contributed by atoms with Gasteiger partial charge in [0.05, 0.1) is 6.04 Å². The first-order valence-corrected chi connectivity index (χ1v) is 13.6. The highest BCUT2D eigenvalue weighted by atomic mass is 31.2. The third kappa shape index (κ3) is 10.1. The fourth-order valence-electron chi connectivity index (χ4n) is 4.04. The van der Waals surface area contributed by atoms with E-state index in [1.165, 1.54) is 44.9 Å². The smallest absolute Gasteiger partial charge is 0.323 e. The fourth-order valence-corrected chi connectivity index (χ4v) is 4.90. The lowest BCUT2D eigenvalue weighted by Crippen LogP contribution is -2.33. The summed E-state index contributed by atoms with van der Waals surface area (Å²) >= 11 is 0. The third-order valence-electron chi connectivity index (χ3n) is 5.86. The Morgan fingerprint density at radius 2 is 1.13 bits per heavy atom. The van der Waals surface area contributed by atoms with Crippen LogP contribution in [0.1, 0.15) is 94.7 Å². The molecule has 31 heavy (non-hydrogen) atoms. The summed E-state index contributed by atoms with van der Waals surface area (Å²) in [6.45, 7) is 2.24. The van der Waals surface area contributed by atoms with E-state index in [-0.39, 0.29) is 6.04 Å². The van der Waals surface area contributed by atoms with Crippen LogP contribution in [0.15, 0.2) is 60.7 Å². The third-order valence-corrected chi connectivity index (χ3v) is 7.08. The zero-order valence-corrected chi connectivity index (χ0v) is 19.9. The molecule has 4 nitrogen and oxygen atoms in total. The lowest BCUT2D eigenvalue weighted by molar-refractivity contribution is 0.333. The first-order chi connectivity index (χ1) is 15.0. The average Bonchev–Trinajstić information content (AvgIpc) is 2.77. The Balaban J connectivity index is 1.87. The van der Waals surface area contributed by atoms with Crippen molar-refractivity contribution in [3.63, 3.8) is 0 Å². The highest BCUT2D eigenvalue weighted by molar-refractivity contribution is 7.52. The van der Waals surface area contributed by atoms with Crippen molar-refractivity contribution in [1.82, 2.24) is 5.32 Å². The maximum absolute atomic E-state index is 12.3. The van der Waals surface area contributed by atoms with Gasteiger partial charge in [0.25, 0.3) is 0 Å². The monoisotopic (exact) mass is 445 g/mol. The van der Waals surface area contributed by atoms with Crippen molar-refractivity contribution in [3.05, 3.63) is 71.8 Å². The molecule has 0 unspecified atom stereocenters. The molecule has 0 spiro atoms. The molecule has 0 aromatic heterocycles. The van der Waals surface area contributed by atoms with Gasteiger partial charge in [-0.25, -0.2) is 0 Å². The molecule has 0 aliphatic heterocycles. The van der Waals surface area contributed by atoms with E-state index >= 15 is 0 Å². The summed E-state index contributed by atoms with van der Waals surface area (Å²) in [5.41, 5.74) is 2.02. The van der Waals surface area contributed by atoms with Crippen LogP contribution in [-0.2, 0) is 4.57 Å². The Morgan fingerprint density at radius 3 is 1.55 bits per heavy atom. The standard InChI is InChI=1S/C26H40NO3P/c1-2-3-4-5-6-7-8-9-10-17-22-25(31(28,29)30)27-26(23-18-13-11-14-19-23)24-20-15-12-16-21-24/h11-16,18-21,25-27H,2-10,17,22H2,1H3,(H2,28,29,30)/t25-/m1/s1. The van der Waals surface area contributed by atoms with Crippen LogP contribution < -0.4 is 5.32 Å². The van der Waals surface area contributed by atoms with E-state index in [1.54, 1.807) is 0 Å². The number of nitrogens with one attached hydrogen (secondary N) is 1. The predicted molar refractivity (Wildman–Crippen MR) is 130 cm³/mol. The average molecular weight is 446 g/mol. The number of benzene rings is 2. The molecule has 2 aromatic carbocycles. The first kappa shape index (κ1) is 25.8. The lowest BCUT2D eigenvalue weighted by Gasteiger charge is -2.27. The fraction of sp³-hybridized carbons (Fsp3) is 0.538. The molecule has 0 fully saturated rings. The van der Waals surface area contributed by atoms with Crippen molar-refractivity contribution >= 4 is 7.60 Å². The van der Waals surface area contributed by atoms with E-state index in [4.69, 9.17) is 0 Å². The van der Waals surface area contributed by atoms with Crippen LogP contribution in [0.25, 0.3) is 0 Å². The SMILES string of the molecule is CCCCCCCCCCCC[C@H](NC(c1ccccc1)c1ccccc1)P(=O)(O)O. The first-order valence-electron chi connectivity index (χ1n) is 11.9. The van der Waals surface area contributed by atoms with Crippen molar-refractivity contribution in [3.8, 4) is 0 Å². The van der Waals surface area contributed by atoms with Gasteiger partial charge in [-0.3, -0.25) is 9.88 Å². The number of unbranched alkanes of at least 4 members (excludes halogenated alkanes) is 9. The zero-order valence-electron chi connectivity index (χ0n) is 19.0. The van der Waals surface area contributed by atoms with Gasteiger partial charge in [-0.15, -0.1) is 0 Å². The van der Waals surface area contributed by atoms with Crippen LogP contribution in [0.4, 0.5) is 0 Å². The second kappa shape index (κ2) is 14.6. The van der Waals surface area contributed by atoms with Crippen LogP contribution >= 0.6 is 7.60 Å². The zero-order chi connectivity index (χ0) is 22.4. The summed E-state index contributed by atoms with van der Waals surface area (Å²) in [5, 5.41) is 3.29. The van der Waals surface area contributed by atoms with Crippen LogP contribution in [0.3, 0.4) is 0 Å². The summed E-state index contributed by atoms with van der Waals surface area (Å²) in [7, 11) is -4.26. The molecule has 0 heterocycles. The van der Waals surface area contributed by atoms with Gasteiger partial charge in [0, 0.05) is 0 Å². The van der Waals surface area contributed by atoms with Crippen LogP contribution in [0, 0.1) is 0 Å². The quantitative estimate of drug-likeness (QED) is 0.189. The predicted octanol–water partition coefficient (Wildman–Crippen LogP) is 7.18. The number of hydrogen-bond donors (Lipinski definition) is 3. The molecule has 5 heteroatoms. The molecule has 2 aromatic rings. The van der Waals surface area contributed by atoms with Gasteiger partial charge in [-0.05, 0) is 17.5 Å². The number of rotatable bonds is 16. The van der Waals surface area contributed by atoms with Gasteiger partial charge in [0.1, 0.15) is 5.78 Å². The van der Waals surface area contributed by atoms with Crippen LogP contribution in [-0.4, -0.2) is 15.6 Å². The normalized spacial score (nSPS) is 12.9. The summed E-state index contributed by atoms with van der Waals surface area (Å²) < 4.78 is 12.3. The van der Waals surface area contributed by atoms with Crippen molar-refractivity contribution in [2.45, 2.75) is 89.4 Å². The molecule has 0 aliphatic rings. The van der Waals surface area contributed by atoms with Gasteiger partial charge >= 0.3 is 7.60 Å². The summed E-state index contributed by atoms with van der Waals surface area (Å²) in [5.74, 6) is -0.841. The molecule has 0 saturated carbocycles. The molecule has 172 valence electrons. The van der Waals surface area contributed by atoms with Gasteiger partial charge in [0.2, 0.25) is 0 Å². The maximum atomic E-state index is 12.3. The molecule has 0 amide bonds. The Labute approximate surface area is 188 Å². The minimum Gasteiger partial charge on any atom is -0.323 e. The summed E-state index contributed by atoms with van der Waals surface area (Å²) in [6.07, 6.45) is 12.6. The molecular formula is C26H40NO3P. The van der Waals surface area contributed by atoms with Crippen molar-refractivity contribution in [2.75, 3.05) is 0 Å². The molecular weight excluding hydrogens is 405 g/mol. The van der Waals surface area contributed by atoms with Crippen molar-refractivity contribution in [1.29, 1.82) is 0 Å². The van der Waals surface area contributed by atoms with Gasteiger partial charge in [-0.2, -0.15) is 0 Å². The van der Waals surface area contributed by atoms with E-state index in [1.807, 2.05) is 60.7 Å². The largest absolute Gasteiger partial charge is 0.342 e. The van der Waals surface area contributed by atoms with Gasteiger partial charge < -0.3 is 9.79 Å². The maximum Gasteiger partial charge on any atom is 0.342 e. The van der Waals surface area contributed by atoms with Gasteiger partial charge in [0.15, 0.2) is 0 Å². The molecule has 3 N–H and O–H groups in total. The van der Waals surface area contributed by atoms with Gasteiger partial charge in [-0.1, -0.05) is 132 Å². The van der Waals surface area contributed by atoms with Crippen LogP contribution in [0.2, 0.25) is 0 Å². The molecule has 1 atom stereocenters. The van der Waals surface area contributed by atoms with Crippen molar-refractivity contribution < 1.29 is 14.4 Å². The van der Waals surface area contributed by atoms with Crippen molar-refractivity contribution in [2.24, 2.45) is 0 Å². The summed E-state index contributed by atoms with van der Waals surface area (Å²) in [6, 6.07) is 19.5. The van der Waals surface area contributed by atoms with Crippen LogP contribution in [0.5, 0.6) is 0 Å².